The van der Waals surface area contributed by atoms with Gasteiger partial charge in [-0.15, -0.1) is 22.7 Å². The van der Waals surface area contributed by atoms with Gasteiger partial charge in [-0.3, -0.25) is 10.2 Å². The molecule has 0 aromatic carbocycles. The van der Waals surface area contributed by atoms with Gasteiger partial charge in [0, 0.05) is 47.3 Å². The van der Waals surface area contributed by atoms with Crippen molar-refractivity contribution in [3.63, 3.8) is 0 Å². The normalized spacial score (nSPS) is 15.6. The van der Waals surface area contributed by atoms with E-state index in [1.165, 1.54) is 37.2 Å². The van der Waals surface area contributed by atoms with Crippen LogP contribution < -0.4 is 10.6 Å². The maximum absolute atomic E-state index is 13.2. The lowest BCUT2D eigenvalue weighted by molar-refractivity contribution is 0.00699. The molecule has 0 saturated heterocycles. The number of nitrogens with zero attached hydrogens (tertiary/aromatic N) is 2. The third-order valence-corrected chi connectivity index (χ3v) is 9.51. The maximum atomic E-state index is 13.2. The van der Waals surface area contributed by atoms with Crippen molar-refractivity contribution in [1.82, 2.24) is 14.8 Å². The number of hydrogen-bond acceptors (Lipinski definition) is 6. The molecule has 1 aliphatic carbocycles. The third kappa shape index (κ3) is 5.84. The van der Waals surface area contributed by atoms with Crippen molar-refractivity contribution < 1.29 is 14.3 Å². The van der Waals surface area contributed by atoms with Crippen LogP contribution >= 0.6 is 22.7 Å². The van der Waals surface area contributed by atoms with E-state index in [4.69, 9.17) is 4.74 Å². The highest BCUT2D eigenvalue weighted by Crippen LogP contribution is 2.39. The quantitative estimate of drug-likeness (QED) is 0.326. The summed E-state index contributed by atoms with van der Waals surface area (Å²) in [7, 11) is 0. The summed E-state index contributed by atoms with van der Waals surface area (Å²) in [5, 5.41) is 7.87. The number of amides is 2. The molecule has 3 aromatic heterocycles. The lowest BCUT2D eigenvalue weighted by Crippen LogP contribution is -2.32. The molecular formula is C29H38N4O3S2. The van der Waals surface area contributed by atoms with Crippen LogP contribution in [0.5, 0.6) is 0 Å². The molecule has 4 heterocycles. The van der Waals surface area contributed by atoms with Crippen LogP contribution in [0, 0.1) is 0 Å². The van der Waals surface area contributed by atoms with Crippen LogP contribution in [0.15, 0.2) is 24.5 Å². The van der Waals surface area contributed by atoms with Gasteiger partial charge in [-0.2, -0.15) is 0 Å². The van der Waals surface area contributed by atoms with Crippen molar-refractivity contribution in [3.8, 4) is 5.00 Å². The first kappa shape index (κ1) is 27.0. The number of aromatic nitrogens is 1. The standard InChI is InChI=1S/C29H38N4O3S2/c1-5-13-32-16-12-19-21(26(38-23(19)18-32)33-14-8-9-15-33)17-30-28(35)31-25-24(27(34)36-29(2,3)4)20-10-6-7-11-22(20)37-25/h8-9,14-15H,5-7,10-13,16-18H2,1-4H3,(H2,30,31,35). The van der Waals surface area contributed by atoms with Gasteiger partial charge in [-0.05, 0) is 89.1 Å². The Balaban J connectivity index is 1.35. The number of thiophene rings is 2. The summed E-state index contributed by atoms with van der Waals surface area (Å²) in [5.74, 6) is -0.356. The van der Waals surface area contributed by atoms with Crippen LogP contribution in [0.2, 0.25) is 0 Å². The second-order valence-electron chi connectivity index (χ2n) is 11.1. The number of hydrogen-bond donors (Lipinski definition) is 2. The van der Waals surface area contributed by atoms with E-state index in [0.717, 1.165) is 63.7 Å². The molecule has 2 aliphatic rings. The second-order valence-corrected chi connectivity index (χ2v) is 13.3. The Morgan fingerprint density at radius 3 is 2.53 bits per heavy atom. The average molecular weight is 555 g/mol. The first-order valence-corrected chi connectivity index (χ1v) is 15.3. The number of urea groups is 1. The molecule has 1 aliphatic heterocycles. The number of esters is 1. The zero-order valence-electron chi connectivity index (χ0n) is 22.8. The van der Waals surface area contributed by atoms with E-state index < -0.39 is 5.60 Å². The van der Waals surface area contributed by atoms with Crippen molar-refractivity contribution in [2.75, 3.05) is 18.4 Å². The molecule has 0 fully saturated rings. The van der Waals surface area contributed by atoms with Crippen LogP contribution in [-0.4, -0.2) is 40.2 Å². The molecule has 2 N–H and O–H groups in total. The first-order valence-electron chi connectivity index (χ1n) is 13.7. The molecule has 2 amide bonds. The van der Waals surface area contributed by atoms with Crippen LogP contribution in [-0.2, 0) is 37.1 Å². The molecule has 38 heavy (non-hydrogen) atoms. The van der Waals surface area contributed by atoms with E-state index in [0.29, 0.717) is 17.1 Å². The summed E-state index contributed by atoms with van der Waals surface area (Å²) in [5.41, 5.74) is 3.54. The molecule has 0 radical (unpaired) electrons. The zero-order valence-corrected chi connectivity index (χ0v) is 24.4. The van der Waals surface area contributed by atoms with Crippen molar-refractivity contribution in [2.24, 2.45) is 0 Å². The minimum absolute atomic E-state index is 0.296. The van der Waals surface area contributed by atoms with E-state index in [1.54, 1.807) is 0 Å². The van der Waals surface area contributed by atoms with Gasteiger partial charge >= 0.3 is 12.0 Å². The zero-order chi connectivity index (χ0) is 26.9. The largest absolute Gasteiger partial charge is 0.456 e. The highest BCUT2D eigenvalue weighted by atomic mass is 32.1. The minimum atomic E-state index is -0.598. The number of carbonyl (C=O) groups is 2. The Hall–Kier alpha value is -2.62. The van der Waals surface area contributed by atoms with Crippen LogP contribution in [0.25, 0.3) is 5.00 Å². The number of anilines is 1. The molecule has 204 valence electrons. The van der Waals surface area contributed by atoms with Gasteiger partial charge in [0.1, 0.15) is 15.6 Å². The van der Waals surface area contributed by atoms with Crippen LogP contribution in [0.1, 0.15) is 83.8 Å². The molecule has 0 bridgehead atoms. The molecule has 0 unspecified atom stereocenters. The number of nitrogens with one attached hydrogen (secondary N) is 2. The fourth-order valence-electron chi connectivity index (χ4n) is 5.39. The fraction of sp³-hybridized carbons (Fsp3) is 0.517. The highest BCUT2D eigenvalue weighted by molar-refractivity contribution is 7.17. The van der Waals surface area contributed by atoms with Crippen molar-refractivity contribution in [1.29, 1.82) is 0 Å². The maximum Gasteiger partial charge on any atom is 0.341 e. The number of ether oxygens (including phenoxy) is 1. The summed E-state index contributed by atoms with van der Waals surface area (Å²) < 4.78 is 7.87. The Morgan fingerprint density at radius 2 is 1.79 bits per heavy atom. The van der Waals surface area contributed by atoms with Crippen LogP contribution in [0.3, 0.4) is 0 Å². The Morgan fingerprint density at radius 1 is 1.03 bits per heavy atom. The van der Waals surface area contributed by atoms with Crippen LogP contribution in [0.4, 0.5) is 9.80 Å². The van der Waals surface area contributed by atoms with E-state index >= 15 is 0 Å². The molecule has 5 rings (SSSR count). The summed E-state index contributed by atoms with van der Waals surface area (Å²) in [6.07, 6.45) is 10.2. The van der Waals surface area contributed by atoms with Crippen molar-refractivity contribution >= 4 is 39.7 Å². The summed E-state index contributed by atoms with van der Waals surface area (Å²) >= 11 is 3.34. The molecule has 7 nitrogen and oxygen atoms in total. The van der Waals surface area contributed by atoms with Gasteiger partial charge in [-0.1, -0.05) is 6.92 Å². The van der Waals surface area contributed by atoms with Gasteiger partial charge in [0.15, 0.2) is 0 Å². The SMILES string of the molecule is CCCN1CCc2c(sc(-n3cccc3)c2CNC(=O)Nc2sc3c(c2C(=O)OC(C)(C)C)CCCC3)C1. The smallest absolute Gasteiger partial charge is 0.341 e. The van der Waals surface area contributed by atoms with E-state index in [9.17, 15) is 9.59 Å². The first-order chi connectivity index (χ1) is 18.2. The van der Waals surface area contributed by atoms with Gasteiger partial charge in [0.2, 0.25) is 0 Å². The van der Waals surface area contributed by atoms with Gasteiger partial charge in [0.25, 0.3) is 0 Å². The van der Waals surface area contributed by atoms with Crippen molar-refractivity contribution in [2.45, 2.75) is 84.9 Å². The van der Waals surface area contributed by atoms with Gasteiger partial charge in [-0.25, -0.2) is 9.59 Å². The molecular weight excluding hydrogens is 516 g/mol. The second kappa shape index (κ2) is 11.2. The van der Waals surface area contributed by atoms with Gasteiger partial charge in [0.05, 0.1) is 5.56 Å². The minimum Gasteiger partial charge on any atom is -0.456 e. The molecule has 0 spiro atoms. The lowest BCUT2D eigenvalue weighted by atomic mass is 9.95. The van der Waals surface area contributed by atoms with E-state index in [-0.39, 0.29) is 12.0 Å². The molecule has 0 saturated carbocycles. The van der Waals surface area contributed by atoms with Crippen molar-refractivity contribution in [3.05, 3.63) is 56.5 Å². The predicted molar refractivity (Wildman–Crippen MR) is 155 cm³/mol. The van der Waals surface area contributed by atoms with E-state index in [2.05, 4.69) is 39.4 Å². The Labute approximate surface area is 233 Å². The molecule has 0 atom stereocenters. The molecule has 9 heteroatoms. The number of carbonyl (C=O) groups excluding carboxylic acids is 2. The number of fused-ring (bicyclic) bond motifs is 2. The predicted octanol–water partition coefficient (Wildman–Crippen LogP) is 6.52. The monoisotopic (exact) mass is 554 g/mol. The Bertz CT molecular complexity index is 1300. The average Bonchev–Trinajstić information content (AvgIpc) is 3.58. The summed E-state index contributed by atoms with van der Waals surface area (Å²) in [6.45, 7) is 11.4. The molecule has 3 aromatic rings. The summed E-state index contributed by atoms with van der Waals surface area (Å²) in [4.78, 5) is 31.5. The van der Waals surface area contributed by atoms with E-state index in [1.807, 2.05) is 44.2 Å². The third-order valence-electron chi connectivity index (χ3n) is 7.03. The number of aryl methyl sites for hydroxylation is 1. The Kier molecular flexibility index (Phi) is 7.98. The topological polar surface area (TPSA) is 75.6 Å². The summed E-state index contributed by atoms with van der Waals surface area (Å²) in [6, 6.07) is 3.76. The highest BCUT2D eigenvalue weighted by Gasteiger charge is 2.30. The lowest BCUT2D eigenvalue weighted by Gasteiger charge is -2.26. The fourth-order valence-corrected chi connectivity index (χ4v) is 8.04. The van der Waals surface area contributed by atoms with Gasteiger partial charge < -0.3 is 14.6 Å². The number of rotatable bonds is 7.